The van der Waals surface area contributed by atoms with Gasteiger partial charge in [0.15, 0.2) is 0 Å². The van der Waals surface area contributed by atoms with E-state index in [1.54, 1.807) is 0 Å². The number of hydrogen-bond acceptors (Lipinski definition) is 5. The lowest BCUT2D eigenvalue weighted by Gasteiger charge is -2.20. The lowest BCUT2D eigenvalue weighted by Crippen LogP contribution is -2.32. The maximum atomic E-state index is 13.1. The van der Waals surface area contributed by atoms with E-state index in [1.807, 2.05) is 32.0 Å². The number of carbonyl (C=O) groups is 1. The first-order valence-electron chi connectivity index (χ1n) is 11.0. The molecule has 0 unspecified atom stereocenters. The SMILES string of the molecule is COc1ccc(S(=O)(=O)N2CCCCCC2)cc1C(=O)NCCOc1cccc(C)c1C. The molecular weight excluding hydrogens is 428 g/mol. The smallest absolute Gasteiger partial charge is 0.255 e. The van der Waals surface area contributed by atoms with Gasteiger partial charge < -0.3 is 14.8 Å². The molecule has 1 heterocycles. The molecule has 1 fully saturated rings. The maximum Gasteiger partial charge on any atom is 0.255 e. The normalized spacial score (nSPS) is 15.1. The van der Waals surface area contributed by atoms with Crippen molar-refractivity contribution in [2.45, 2.75) is 44.4 Å². The van der Waals surface area contributed by atoms with E-state index in [4.69, 9.17) is 9.47 Å². The predicted molar refractivity (Wildman–Crippen MR) is 124 cm³/mol. The minimum absolute atomic E-state index is 0.108. The van der Waals surface area contributed by atoms with Gasteiger partial charge in [-0.2, -0.15) is 4.31 Å². The van der Waals surface area contributed by atoms with Crippen LogP contribution in [0.4, 0.5) is 0 Å². The van der Waals surface area contributed by atoms with Crippen molar-refractivity contribution >= 4 is 15.9 Å². The molecule has 0 aliphatic carbocycles. The number of aryl methyl sites for hydroxylation is 1. The van der Waals surface area contributed by atoms with Gasteiger partial charge in [-0.1, -0.05) is 25.0 Å². The molecule has 0 spiro atoms. The van der Waals surface area contributed by atoms with Crippen molar-refractivity contribution in [1.29, 1.82) is 0 Å². The van der Waals surface area contributed by atoms with Crippen LogP contribution < -0.4 is 14.8 Å². The van der Waals surface area contributed by atoms with Crippen molar-refractivity contribution in [3.05, 3.63) is 53.1 Å². The van der Waals surface area contributed by atoms with Crippen molar-refractivity contribution in [1.82, 2.24) is 9.62 Å². The number of benzene rings is 2. The fourth-order valence-electron chi connectivity index (χ4n) is 3.76. The summed E-state index contributed by atoms with van der Waals surface area (Å²) < 4.78 is 38.8. The Morgan fingerprint density at radius 2 is 1.75 bits per heavy atom. The van der Waals surface area contributed by atoms with Crippen LogP contribution in [0.5, 0.6) is 11.5 Å². The summed E-state index contributed by atoms with van der Waals surface area (Å²) in [4.78, 5) is 12.9. The van der Waals surface area contributed by atoms with Crippen LogP contribution >= 0.6 is 0 Å². The van der Waals surface area contributed by atoms with Gasteiger partial charge in [0.05, 0.1) is 24.1 Å². The van der Waals surface area contributed by atoms with E-state index in [2.05, 4.69) is 5.32 Å². The summed E-state index contributed by atoms with van der Waals surface area (Å²) >= 11 is 0. The lowest BCUT2D eigenvalue weighted by molar-refractivity contribution is 0.0943. The molecule has 0 radical (unpaired) electrons. The van der Waals surface area contributed by atoms with Crippen molar-refractivity contribution in [3.63, 3.8) is 0 Å². The van der Waals surface area contributed by atoms with Gasteiger partial charge in [0.25, 0.3) is 5.91 Å². The second kappa shape index (κ2) is 10.8. The fourth-order valence-corrected chi connectivity index (χ4v) is 5.30. The monoisotopic (exact) mass is 460 g/mol. The van der Waals surface area contributed by atoms with E-state index in [0.29, 0.717) is 25.4 Å². The minimum atomic E-state index is -3.66. The van der Waals surface area contributed by atoms with Gasteiger partial charge in [-0.25, -0.2) is 8.42 Å². The predicted octanol–water partition coefficient (Wildman–Crippen LogP) is 3.69. The van der Waals surface area contributed by atoms with E-state index in [9.17, 15) is 13.2 Å². The van der Waals surface area contributed by atoms with Crippen LogP contribution in [0.2, 0.25) is 0 Å². The highest BCUT2D eigenvalue weighted by Crippen LogP contribution is 2.26. The Morgan fingerprint density at radius 1 is 1.03 bits per heavy atom. The van der Waals surface area contributed by atoms with E-state index in [0.717, 1.165) is 42.6 Å². The molecule has 0 bridgehead atoms. The molecule has 7 nitrogen and oxygen atoms in total. The third kappa shape index (κ3) is 5.61. The topological polar surface area (TPSA) is 84.9 Å². The molecule has 1 N–H and O–H groups in total. The first-order chi connectivity index (χ1) is 15.3. The number of carbonyl (C=O) groups excluding carboxylic acids is 1. The van der Waals surface area contributed by atoms with Crippen LogP contribution in [-0.4, -0.2) is 52.0 Å². The van der Waals surface area contributed by atoms with Crippen molar-refractivity contribution in [2.75, 3.05) is 33.4 Å². The number of nitrogens with one attached hydrogen (secondary N) is 1. The minimum Gasteiger partial charge on any atom is -0.496 e. The Hall–Kier alpha value is -2.58. The lowest BCUT2D eigenvalue weighted by atomic mass is 10.1. The average molecular weight is 461 g/mol. The molecule has 1 saturated heterocycles. The zero-order chi connectivity index (χ0) is 23.1. The van der Waals surface area contributed by atoms with Gasteiger partial charge in [0.2, 0.25) is 10.0 Å². The molecule has 3 rings (SSSR count). The van der Waals surface area contributed by atoms with Crippen LogP contribution in [0.1, 0.15) is 47.2 Å². The van der Waals surface area contributed by atoms with Gasteiger partial charge >= 0.3 is 0 Å². The van der Waals surface area contributed by atoms with Gasteiger partial charge in [0.1, 0.15) is 18.1 Å². The Labute approximate surface area is 190 Å². The summed E-state index contributed by atoms with van der Waals surface area (Å²) in [7, 11) is -2.21. The Balaban J connectivity index is 1.69. The molecule has 0 atom stereocenters. The number of hydrogen-bond donors (Lipinski definition) is 1. The van der Waals surface area contributed by atoms with Gasteiger partial charge in [-0.15, -0.1) is 0 Å². The zero-order valence-corrected chi connectivity index (χ0v) is 19.8. The quantitative estimate of drug-likeness (QED) is 0.608. The second-order valence-electron chi connectivity index (χ2n) is 7.98. The molecule has 1 aliphatic heterocycles. The molecule has 1 amide bonds. The molecule has 174 valence electrons. The van der Waals surface area contributed by atoms with Crippen molar-refractivity contribution in [3.8, 4) is 11.5 Å². The summed E-state index contributed by atoms with van der Waals surface area (Å²) in [6.07, 6.45) is 3.77. The van der Waals surface area contributed by atoms with Crippen LogP contribution in [0.25, 0.3) is 0 Å². The number of amides is 1. The molecule has 2 aromatic carbocycles. The van der Waals surface area contributed by atoms with E-state index < -0.39 is 15.9 Å². The molecule has 0 aromatic heterocycles. The largest absolute Gasteiger partial charge is 0.496 e. The summed E-state index contributed by atoms with van der Waals surface area (Å²) in [5, 5.41) is 2.79. The molecule has 32 heavy (non-hydrogen) atoms. The fraction of sp³-hybridized carbons (Fsp3) is 0.458. The van der Waals surface area contributed by atoms with E-state index >= 15 is 0 Å². The molecule has 8 heteroatoms. The number of rotatable bonds is 8. The van der Waals surface area contributed by atoms with E-state index in [-0.39, 0.29) is 17.0 Å². The number of ether oxygens (including phenoxy) is 2. The summed E-state index contributed by atoms with van der Waals surface area (Å²) in [6.45, 7) is 5.59. The summed E-state index contributed by atoms with van der Waals surface area (Å²) in [6, 6.07) is 10.3. The molecule has 0 saturated carbocycles. The highest BCUT2D eigenvalue weighted by atomic mass is 32.2. The molecule has 1 aliphatic rings. The Morgan fingerprint density at radius 3 is 2.44 bits per heavy atom. The number of sulfonamides is 1. The van der Waals surface area contributed by atoms with Crippen molar-refractivity contribution in [2.24, 2.45) is 0 Å². The first kappa shape index (κ1) is 24.1. The molecular formula is C24H32N2O5S. The summed E-state index contributed by atoms with van der Waals surface area (Å²) in [5.41, 5.74) is 2.39. The third-order valence-electron chi connectivity index (χ3n) is 5.82. The first-order valence-corrected chi connectivity index (χ1v) is 12.4. The van der Waals surface area contributed by atoms with Gasteiger partial charge in [-0.05, 0) is 62.1 Å². The van der Waals surface area contributed by atoms with Crippen LogP contribution in [-0.2, 0) is 10.0 Å². The number of methoxy groups -OCH3 is 1. The zero-order valence-electron chi connectivity index (χ0n) is 19.0. The Bertz CT molecular complexity index is 1040. The maximum absolute atomic E-state index is 13.1. The molecule has 2 aromatic rings. The number of nitrogens with zero attached hydrogens (tertiary/aromatic N) is 1. The van der Waals surface area contributed by atoms with Crippen molar-refractivity contribution < 1.29 is 22.7 Å². The standard InChI is InChI=1S/C24H32N2O5S/c1-18-9-8-10-22(19(18)2)31-16-13-25-24(27)21-17-20(11-12-23(21)30-3)32(28,29)26-14-6-4-5-7-15-26/h8-12,17H,4-7,13-16H2,1-3H3,(H,25,27). The van der Waals surface area contributed by atoms with E-state index in [1.165, 1.54) is 29.6 Å². The second-order valence-corrected chi connectivity index (χ2v) is 9.92. The van der Waals surface area contributed by atoms with Crippen LogP contribution in [0.15, 0.2) is 41.3 Å². The average Bonchev–Trinajstić information content (AvgIpc) is 3.09. The highest BCUT2D eigenvalue weighted by molar-refractivity contribution is 7.89. The van der Waals surface area contributed by atoms with Crippen LogP contribution in [0, 0.1) is 13.8 Å². The van der Waals surface area contributed by atoms with Gasteiger partial charge in [0, 0.05) is 13.1 Å². The third-order valence-corrected chi connectivity index (χ3v) is 7.71. The Kier molecular flexibility index (Phi) is 8.15. The highest BCUT2D eigenvalue weighted by Gasteiger charge is 2.27. The van der Waals surface area contributed by atoms with Crippen LogP contribution in [0.3, 0.4) is 0 Å². The summed E-state index contributed by atoms with van der Waals surface area (Å²) in [5.74, 6) is 0.703. The van der Waals surface area contributed by atoms with Gasteiger partial charge in [-0.3, -0.25) is 4.79 Å².